The van der Waals surface area contributed by atoms with E-state index >= 15 is 0 Å². The van der Waals surface area contributed by atoms with Gasteiger partial charge >= 0.3 is 0 Å². The highest BCUT2D eigenvalue weighted by Gasteiger charge is 2.20. The number of aromatic nitrogens is 2. The molecule has 1 aliphatic heterocycles. The second kappa shape index (κ2) is 4.36. The molecule has 1 aliphatic rings. The third-order valence-electron chi connectivity index (χ3n) is 2.55. The van der Waals surface area contributed by atoms with Gasteiger partial charge in [0.25, 0.3) is 0 Å². The average molecular weight is 211 g/mol. The van der Waals surface area contributed by atoms with Crippen molar-refractivity contribution in [1.82, 2.24) is 15.1 Å². The lowest BCUT2D eigenvalue weighted by atomic mass is 10.2. The quantitative estimate of drug-likeness (QED) is 0.819. The average Bonchev–Trinajstić information content (AvgIpc) is 2.72. The predicted molar refractivity (Wildman–Crippen MR) is 60.4 cm³/mol. The molecule has 0 spiro atoms. The lowest BCUT2D eigenvalue weighted by Crippen LogP contribution is -2.28. The van der Waals surface area contributed by atoms with E-state index in [0.29, 0.717) is 6.04 Å². The van der Waals surface area contributed by atoms with Crippen LogP contribution in [0.15, 0.2) is 12.4 Å². The van der Waals surface area contributed by atoms with Crippen molar-refractivity contribution in [1.29, 1.82) is 0 Å². The van der Waals surface area contributed by atoms with E-state index in [1.165, 1.54) is 17.7 Å². The van der Waals surface area contributed by atoms with Crippen LogP contribution in [0, 0.1) is 0 Å². The van der Waals surface area contributed by atoms with Gasteiger partial charge in [0.15, 0.2) is 0 Å². The first-order chi connectivity index (χ1) is 6.74. The maximum Gasteiger partial charge on any atom is 0.0534 e. The summed E-state index contributed by atoms with van der Waals surface area (Å²) in [7, 11) is 1.96. The number of nitrogens with one attached hydrogen (secondary N) is 1. The van der Waals surface area contributed by atoms with E-state index in [9.17, 15) is 0 Å². The Morgan fingerprint density at radius 1 is 1.71 bits per heavy atom. The largest absolute Gasteiger partial charge is 0.309 e. The van der Waals surface area contributed by atoms with E-state index in [2.05, 4.69) is 35.3 Å². The number of nitrogens with zero attached hydrogens (tertiary/aromatic N) is 2. The summed E-state index contributed by atoms with van der Waals surface area (Å²) in [5.74, 6) is 1.25. The topological polar surface area (TPSA) is 29.9 Å². The molecule has 78 valence electrons. The maximum atomic E-state index is 4.15. The van der Waals surface area contributed by atoms with E-state index < -0.39 is 0 Å². The Hall–Kier alpha value is -0.480. The van der Waals surface area contributed by atoms with Crippen LogP contribution >= 0.6 is 11.8 Å². The molecule has 1 saturated heterocycles. The van der Waals surface area contributed by atoms with Gasteiger partial charge in [-0.05, 0) is 6.42 Å². The van der Waals surface area contributed by atoms with Crippen LogP contribution in [0.4, 0.5) is 0 Å². The van der Waals surface area contributed by atoms with Crippen molar-refractivity contribution in [2.45, 2.75) is 31.2 Å². The van der Waals surface area contributed by atoms with Gasteiger partial charge in [-0.2, -0.15) is 16.9 Å². The minimum Gasteiger partial charge on any atom is -0.309 e. The Balaban J connectivity index is 1.77. The Morgan fingerprint density at radius 2 is 2.57 bits per heavy atom. The Labute approximate surface area is 89.3 Å². The van der Waals surface area contributed by atoms with Gasteiger partial charge in [-0.1, -0.05) is 6.92 Å². The molecule has 0 amide bonds. The second-order valence-corrected chi connectivity index (χ2v) is 5.45. The van der Waals surface area contributed by atoms with Crippen LogP contribution in [0.1, 0.15) is 18.9 Å². The number of rotatable bonds is 3. The van der Waals surface area contributed by atoms with E-state index in [0.717, 1.165) is 11.8 Å². The molecule has 0 radical (unpaired) electrons. The molecule has 1 N–H and O–H groups in total. The third kappa shape index (κ3) is 2.51. The van der Waals surface area contributed by atoms with Crippen LogP contribution in [0.5, 0.6) is 0 Å². The molecule has 1 fully saturated rings. The van der Waals surface area contributed by atoms with Crippen molar-refractivity contribution in [3.63, 3.8) is 0 Å². The molecule has 2 atom stereocenters. The summed E-state index contributed by atoms with van der Waals surface area (Å²) in [6.45, 7) is 3.25. The maximum absolute atomic E-state index is 4.15. The summed E-state index contributed by atoms with van der Waals surface area (Å²) in [5.41, 5.74) is 1.28. The molecule has 0 aromatic carbocycles. The molecule has 0 saturated carbocycles. The van der Waals surface area contributed by atoms with Gasteiger partial charge in [-0.15, -0.1) is 0 Å². The van der Waals surface area contributed by atoms with Crippen molar-refractivity contribution in [3.05, 3.63) is 18.0 Å². The molecule has 4 heteroatoms. The normalized spacial score (nSPS) is 27.0. The zero-order valence-corrected chi connectivity index (χ0v) is 9.55. The number of hydrogen-bond donors (Lipinski definition) is 1. The molecule has 14 heavy (non-hydrogen) atoms. The molecule has 2 heterocycles. The van der Waals surface area contributed by atoms with Crippen molar-refractivity contribution in [2.24, 2.45) is 7.05 Å². The van der Waals surface area contributed by atoms with Gasteiger partial charge in [0, 0.05) is 42.4 Å². The second-order valence-electron chi connectivity index (χ2n) is 3.98. The van der Waals surface area contributed by atoms with Gasteiger partial charge in [-0.3, -0.25) is 4.68 Å². The summed E-state index contributed by atoms with van der Waals surface area (Å²) in [6.07, 6.45) is 5.29. The van der Waals surface area contributed by atoms with Crippen LogP contribution in [-0.2, 0) is 13.6 Å². The molecule has 0 aliphatic carbocycles. The third-order valence-corrected chi connectivity index (χ3v) is 3.91. The first-order valence-corrected chi connectivity index (χ1v) is 6.11. The smallest absolute Gasteiger partial charge is 0.0534 e. The highest BCUT2D eigenvalue weighted by Crippen LogP contribution is 2.25. The SMILES string of the molecule is CC1CC(NCc2cnn(C)c2)CS1. The van der Waals surface area contributed by atoms with Gasteiger partial charge in [0.05, 0.1) is 6.20 Å². The monoisotopic (exact) mass is 211 g/mol. The first-order valence-electron chi connectivity index (χ1n) is 5.06. The van der Waals surface area contributed by atoms with Crippen molar-refractivity contribution < 1.29 is 0 Å². The Morgan fingerprint density at radius 3 is 3.14 bits per heavy atom. The standard InChI is InChI=1S/C10H17N3S/c1-8-3-10(7-14-8)11-4-9-5-12-13(2)6-9/h5-6,8,10-11H,3-4,7H2,1-2H3. The summed E-state index contributed by atoms with van der Waals surface area (Å²) in [6, 6.07) is 0.690. The summed E-state index contributed by atoms with van der Waals surface area (Å²) < 4.78 is 1.85. The minimum absolute atomic E-state index is 0.690. The van der Waals surface area contributed by atoms with Gasteiger partial charge in [0.2, 0.25) is 0 Å². The molecule has 3 nitrogen and oxygen atoms in total. The van der Waals surface area contributed by atoms with Crippen LogP contribution in [-0.4, -0.2) is 26.8 Å². The van der Waals surface area contributed by atoms with E-state index in [-0.39, 0.29) is 0 Å². The van der Waals surface area contributed by atoms with E-state index in [4.69, 9.17) is 0 Å². The van der Waals surface area contributed by atoms with Gasteiger partial charge in [0.1, 0.15) is 0 Å². The van der Waals surface area contributed by atoms with Crippen molar-refractivity contribution in [2.75, 3.05) is 5.75 Å². The molecule has 1 aromatic heterocycles. The van der Waals surface area contributed by atoms with Crippen LogP contribution < -0.4 is 5.32 Å². The molecular weight excluding hydrogens is 194 g/mol. The lowest BCUT2D eigenvalue weighted by molar-refractivity contribution is 0.538. The molecular formula is C10H17N3S. The van der Waals surface area contributed by atoms with Gasteiger partial charge in [-0.25, -0.2) is 0 Å². The summed E-state index contributed by atoms with van der Waals surface area (Å²) >= 11 is 2.06. The zero-order valence-electron chi connectivity index (χ0n) is 8.73. The van der Waals surface area contributed by atoms with Crippen LogP contribution in [0.3, 0.4) is 0 Å². The number of aryl methyl sites for hydroxylation is 1. The minimum atomic E-state index is 0.690. The fraction of sp³-hybridized carbons (Fsp3) is 0.700. The van der Waals surface area contributed by atoms with Gasteiger partial charge < -0.3 is 5.32 Å². The Kier molecular flexibility index (Phi) is 3.13. The Bertz CT molecular complexity index is 297. The zero-order chi connectivity index (χ0) is 9.97. The fourth-order valence-corrected chi connectivity index (χ4v) is 2.97. The van der Waals surface area contributed by atoms with Crippen molar-refractivity contribution in [3.8, 4) is 0 Å². The first kappa shape index (κ1) is 10.1. The fourth-order valence-electron chi connectivity index (χ4n) is 1.78. The van der Waals surface area contributed by atoms with Crippen LogP contribution in [0.25, 0.3) is 0 Å². The van der Waals surface area contributed by atoms with E-state index in [1.807, 2.05) is 17.9 Å². The lowest BCUT2D eigenvalue weighted by Gasteiger charge is -2.09. The highest BCUT2D eigenvalue weighted by molar-refractivity contribution is 8.00. The highest BCUT2D eigenvalue weighted by atomic mass is 32.2. The predicted octanol–water partition coefficient (Wildman–Crippen LogP) is 1.40. The number of hydrogen-bond acceptors (Lipinski definition) is 3. The van der Waals surface area contributed by atoms with Crippen molar-refractivity contribution >= 4 is 11.8 Å². The number of thioether (sulfide) groups is 1. The summed E-state index contributed by atoms with van der Waals surface area (Å²) in [4.78, 5) is 0. The van der Waals surface area contributed by atoms with Crippen LogP contribution in [0.2, 0.25) is 0 Å². The van der Waals surface area contributed by atoms with E-state index in [1.54, 1.807) is 0 Å². The molecule has 1 aromatic rings. The molecule has 2 unspecified atom stereocenters. The summed E-state index contributed by atoms with van der Waals surface area (Å²) in [5, 5.41) is 8.54. The molecule has 0 bridgehead atoms. The molecule has 2 rings (SSSR count).